The minimum atomic E-state index is -0.862. The standard InChI is InChI=1S/C34H39N3O2/c1-35(2)28-16-10-14-26(22-28)34(27-15-11-17-29(23-27)36(3)4)31-24-30(37(5)6)19-20-32(31)38-33(39-34)21-18-25-12-8-7-9-13-25/h7-17,19-20,22-24,33H,18,21H2,1-6H3. The van der Waals surface area contributed by atoms with Crippen LogP contribution in [-0.4, -0.2) is 48.6 Å². The van der Waals surface area contributed by atoms with Crippen molar-refractivity contribution in [3.05, 3.63) is 119 Å². The predicted molar refractivity (Wildman–Crippen MR) is 162 cm³/mol. The second kappa shape index (κ2) is 11.0. The first kappa shape index (κ1) is 26.6. The molecule has 0 saturated heterocycles. The number of anilines is 3. The largest absolute Gasteiger partial charge is 0.464 e. The van der Waals surface area contributed by atoms with Crippen molar-refractivity contribution in [1.29, 1.82) is 0 Å². The average Bonchev–Trinajstić information content (AvgIpc) is 2.96. The summed E-state index contributed by atoms with van der Waals surface area (Å²) in [6.07, 6.45) is 1.18. The molecular weight excluding hydrogens is 482 g/mol. The third kappa shape index (κ3) is 5.32. The van der Waals surface area contributed by atoms with Crippen LogP contribution in [0.3, 0.4) is 0 Å². The topological polar surface area (TPSA) is 28.2 Å². The molecule has 0 spiro atoms. The van der Waals surface area contributed by atoms with Gasteiger partial charge in [-0.1, -0.05) is 54.6 Å². The summed E-state index contributed by atoms with van der Waals surface area (Å²) in [5, 5.41) is 0. The van der Waals surface area contributed by atoms with E-state index >= 15 is 0 Å². The molecule has 5 heteroatoms. The van der Waals surface area contributed by atoms with Crippen molar-refractivity contribution >= 4 is 17.1 Å². The third-order valence-corrected chi connectivity index (χ3v) is 7.48. The minimum absolute atomic E-state index is 0.422. The number of hydrogen-bond acceptors (Lipinski definition) is 5. The molecule has 0 saturated carbocycles. The molecule has 1 heterocycles. The summed E-state index contributed by atoms with van der Waals surface area (Å²) in [6, 6.07) is 34.3. The van der Waals surface area contributed by atoms with Crippen molar-refractivity contribution in [2.24, 2.45) is 0 Å². The Morgan fingerprint density at radius 1 is 0.615 bits per heavy atom. The molecule has 0 amide bonds. The fourth-order valence-corrected chi connectivity index (χ4v) is 5.27. The van der Waals surface area contributed by atoms with E-state index in [9.17, 15) is 0 Å². The number of nitrogens with zero attached hydrogens (tertiary/aromatic N) is 3. The van der Waals surface area contributed by atoms with Gasteiger partial charge in [-0.25, -0.2) is 0 Å². The van der Waals surface area contributed by atoms with Gasteiger partial charge >= 0.3 is 0 Å². The molecule has 1 unspecified atom stereocenters. The van der Waals surface area contributed by atoms with Gasteiger partial charge < -0.3 is 24.2 Å². The van der Waals surface area contributed by atoms with E-state index in [-0.39, 0.29) is 0 Å². The van der Waals surface area contributed by atoms with Crippen molar-refractivity contribution in [3.8, 4) is 5.75 Å². The SMILES string of the molecule is CN(C)c1cccc(C2(c3cccc(N(C)C)c3)OC(CCc3ccccc3)Oc3ccc(N(C)C)cc32)c1. The average molecular weight is 522 g/mol. The van der Waals surface area contributed by atoms with Crippen molar-refractivity contribution in [2.75, 3.05) is 57.0 Å². The first-order valence-electron chi connectivity index (χ1n) is 13.5. The molecule has 4 aromatic carbocycles. The molecule has 0 aromatic heterocycles. The third-order valence-electron chi connectivity index (χ3n) is 7.48. The number of rotatable bonds is 8. The van der Waals surface area contributed by atoms with Gasteiger partial charge in [-0.05, 0) is 65.6 Å². The van der Waals surface area contributed by atoms with Gasteiger partial charge in [-0.3, -0.25) is 0 Å². The highest BCUT2D eigenvalue weighted by Crippen LogP contribution is 2.50. The van der Waals surface area contributed by atoms with Gasteiger partial charge in [0.05, 0.1) is 0 Å². The number of benzene rings is 4. The molecule has 5 nitrogen and oxygen atoms in total. The number of hydrogen-bond donors (Lipinski definition) is 0. The van der Waals surface area contributed by atoms with E-state index in [2.05, 4.69) is 154 Å². The quantitative estimate of drug-likeness (QED) is 0.262. The van der Waals surface area contributed by atoms with Crippen LogP contribution in [0.5, 0.6) is 5.75 Å². The van der Waals surface area contributed by atoms with Gasteiger partial charge in [0.1, 0.15) is 5.75 Å². The lowest BCUT2D eigenvalue weighted by atomic mass is 9.78. The van der Waals surface area contributed by atoms with E-state index in [0.29, 0.717) is 0 Å². The zero-order valence-electron chi connectivity index (χ0n) is 23.9. The number of fused-ring (bicyclic) bond motifs is 1. The molecule has 0 bridgehead atoms. The summed E-state index contributed by atoms with van der Waals surface area (Å²) in [5.74, 6) is 0.857. The summed E-state index contributed by atoms with van der Waals surface area (Å²) in [4.78, 5) is 6.40. The summed E-state index contributed by atoms with van der Waals surface area (Å²) in [5.41, 5.74) is 6.92. The molecular formula is C34H39N3O2. The van der Waals surface area contributed by atoms with E-state index in [1.807, 2.05) is 0 Å². The van der Waals surface area contributed by atoms with Crippen molar-refractivity contribution in [1.82, 2.24) is 0 Å². The molecule has 202 valence electrons. The van der Waals surface area contributed by atoms with Crippen LogP contribution in [0, 0.1) is 0 Å². The fraction of sp³-hybridized carbons (Fsp3) is 0.294. The maximum atomic E-state index is 7.22. The Labute approximate surface area is 233 Å². The number of aryl methyl sites for hydroxylation is 1. The summed E-state index contributed by atoms with van der Waals surface area (Å²) in [7, 11) is 12.4. The Kier molecular flexibility index (Phi) is 7.53. The van der Waals surface area contributed by atoms with Crippen molar-refractivity contribution in [3.63, 3.8) is 0 Å². The monoisotopic (exact) mass is 521 g/mol. The Morgan fingerprint density at radius 3 is 1.74 bits per heavy atom. The van der Waals surface area contributed by atoms with Gasteiger partial charge in [0, 0.05) is 71.3 Å². The molecule has 1 atom stereocenters. The highest BCUT2D eigenvalue weighted by Gasteiger charge is 2.46. The fourth-order valence-electron chi connectivity index (χ4n) is 5.27. The van der Waals surface area contributed by atoms with Gasteiger partial charge in [0.25, 0.3) is 0 Å². The first-order chi connectivity index (χ1) is 18.8. The molecule has 1 aliphatic rings. The minimum Gasteiger partial charge on any atom is -0.464 e. The Balaban J connectivity index is 1.73. The molecule has 0 aliphatic carbocycles. The molecule has 4 aromatic rings. The van der Waals surface area contributed by atoms with Gasteiger partial charge in [0.2, 0.25) is 6.29 Å². The van der Waals surface area contributed by atoms with Crippen LogP contribution in [0.2, 0.25) is 0 Å². The van der Waals surface area contributed by atoms with Gasteiger partial charge in [0.15, 0.2) is 5.60 Å². The maximum Gasteiger partial charge on any atom is 0.201 e. The van der Waals surface area contributed by atoms with Crippen LogP contribution in [0.25, 0.3) is 0 Å². The molecule has 0 radical (unpaired) electrons. The van der Waals surface area contributed by atoms with Gasteiger partial charge in [-0.2, -0.15) is 0 Å². The molecule has 0 fully saturated rings. The van der Waals surface area contributed by atoms with E-state index in [1.165, 1.54) is 5.56 Å². The van der Waals surface area contributed by atoms with E-state index < -0.39 is 11.9 Å². The molecule has 5 rings (SSSR count). The van der Waals surface area contributed by atoms with E-state index in [1.54, 1.807) is 0 Å². The zero-order chi connectivity index (χ0) is 27.6. The molecule has 1 aliphatic heterocycles. The summed E-state index contributed by atoms with van der Waals surface area (Å²) in [6.45, 7) is 0. The number of ether oxygens (including phenoxy) is 2. The van der Waals surface area contributed by atoms with E-state index in [4.69, 9.17) is 9.47 Å². The predicted octanol–water partition coefficient (Wildman–Crippen LogP) is 6.54. The normalized spacial score (nSPS) is 15.7. The molecule has 0 N–H and O–H groups in total. The lowest BCUT2D eigenvalue weighted by Gasteiger charge is -2.44. The first-order valence-corrected chi connectivity index (χ1v) is 13.5. The summed E-state index contributed by atoms with van der Waals surface area (Å²) < 4.78 is 13.8. The smallest absolute Gasteiger partial charge is 0.201 e. The highest BCUT2D eigenvalue weighted by atomic mass is 16.7. The lowest BCUT2D eigenvalue weighted by molar-refractivity contribution is -0.165. The van der Waals surface area contributed by atoms with Crippen molar-refractivity contribution < 1.29 is 9.47 Å². The Morgan fingerprint density at radius 2 is 1.18 bits per heavy atom. The van der Waals surface area contributed by atoms with E-state index in [0.717, 1.165) is 52.3 Å². The van der Waals surface area contributed by atoms with Crippen LogP contribution in [0.15, 0.2) is 97.1 Å². The molecule has 39 heavy (non-hydrogen) atoms. The highest BCUT2D eigenvalue weighted by molar-refractivity contribution is 5.64. The van der Waals surface area contributed by atoms with Crippen LogP contribution >= 0.6 is 0 Å². The van der Waals surface area contributed by atoms with Crippen LogP contribution in [0.4, 0.5) is 17.1 Å². The van der Waals surface area contributed by atoms with Crippen LogP contribution < -0.4 is 19.4 Å². The van der Waals surface area contributed by atoms with Crippen LogP contribution in [0.1, 0.15) is 28.7 Å². The summed E-state index contributed by atoms with van der Waals surface area (Å²) >= 11 is 0. The maximum absolute atomic E-state index is 7.22. The van der Waals surface area contributed by atoms with Crippen LogP contribution in [-0.2, 0) is 16.8 Å². The Bertz CT molecular complexity index is 1360. The Hall–Kier alpha value is -3.96. The zero-order valence-corrected chi connectivity index (χ0v) is 23.9. The van der Waals surface area contributed by atoms with Crippen molar-refractivity contribution in [2.45, 2.75) is 24.7 Å². The van der Waals surface area contributed by atoms with Gasteiger partial charge in [-0.15, -0.1) is 0 Å². The second-order valence-corrected chi connectivity index (χ2v) is 10.8. The second-order valence-electron chi connectivity index (χ2n) is 10.8. The lowest BCUT2D eigenvalue weighted by Crippen LogP contribution is -2.43.